The summed E-state index contributed by atoms with van der Waals surface area (Å²) in [5, 5.41) is 4.80. The first-order valence-electron chi connectivity index (χ1n) is 8.84. The molecule has 0 aliphatic carbocycles. The van der Waals surface area contributed by atoms with Gasteiger partial charge in [0.05, 0.1) is 25.3 Å². The number of ether oxygens (including phenoxy) is 1. The molecular formula is C20H22F3N3O3. The fourth-order valence-electron chi connectivity index (χ4n) is 2.48. The molecule has 9 heteroatoms. The number of carbonyl (C=O) groups is 2. The molecule has 0 aromatic heterocycles. The quantitative estimate of drug-likeness (QED) is 0.493. The van der Waals surface area contributed by atoms with Crippen LogP contribution in [0.15, 0.2) is 36.4 Å². The SMILES string of the molecule is Cc1cccc(OCCNC(=O)CN(C)CC(=O)Nc2ccc(F)c(F)c2F)c1. The summed E-state index contributed by atoms with van der Waals surface area (Å²) in [7, 11) is 1.52. The van der Waals surface area contributed by atoms with Gasteiger partial charge < -0.3 is 15.4 Å². The third-order valence-corrected chi connectivity index (χ3v) is 3.82. The Morgan fingerprint density at radius 3 is 2.48 bits per heavy atom. The van der Waals surface area contributed by atoms with Crippen LogP contribution >= 0.6 is 0 Å². The summed E-state index contributed by atoms with van der Waals surface area (Å²) < 4.78 is 45.2. The van der Waals surface area contributed by atoms with Gasteiger partial charge in [-0.2, -0.15) is 0 Å². The standard InChI is InChI=1S/C20H22F3N3O3/c1-13-4-3-5-14(10-13)29-9-8-24-17(27)11-26(2)12-18(28)25-16-7-6-15(21)19(22)20(16)23/h3-7,10H,8-9,11-12H2,1-2H3,(H,24,27)(H,25,28). The van der Waals surface area contributed by atoms with Gasteiger partial charge in [0.1, 0.15) is 12.4 Å². The maximum Gasteiger partial charge on any atom is 0.238 e. The van der Waals surface area contributed by atoms with E-state index in [0.29, 0.717) is 11.8 Å². The molecule has 0 saturated carbocycles. The lowest BCUT2D eigenvalue weighted by atomic mass is 10.2. The fraction of sp³-hybridized carbons (Fsp3) is 0.300. The van der Waals surface area contributed by atoms with Crippen molar-refractivity contribution in [2.75, 3.05) is 38.6 Å². The van der Waals surface area contributed by atoms with Crippen molar-refractivity contribution in [1.82, 2.24) is 10.2 Å². The van der Waals surface area contributed by atoms with E-state index in [1.165, 1.54) is 11.9 Å². The Balaban J connectivity index is 1.70. The van der Waals surface area contributed by atoms with Crippen LogP contribution in [0.1, 0.15) is 5.56 Å². The number of hydrogen-bond donors (Lipinski definition) is 2. The van der Waals surface area contributed by atoms with Crippen molar-refractivity contribution in [3.63, 3.8) is 0 Å². The second kappa shape index (κ2) is 10.5. The van der Waals surface area contributed by atoms with Gasteiger partial charge in [-0.05, 0) is 43.8 Å². The van der Waals surface area contributed by atoms with Gasteiger partial charge in [-0.3, -0.25) is 14.5 Å². The number of hydrogen-bond acceptors (Lipinski definition) is 4. The maximum absolute atomic E-state index is 13.6. The molecule has 0 radical (unpaired) electrons. The Kier molecular flexibility index (Phi) is 8.02. The summed E-state index contributed by atoms with van der Waals surface area (Å²) in [4.78, 5) is 25.2. The number of likely N-dealkylation sites (N-methyl/N-ethyl adjacent to an activating group) is 1. The Hall–Kier alpha value is -3.07. The van der Waals surface area contributed by atoms with Gasteiger partial charge in [0.2, 0.25) is 11.8 Å². The van der Waals surface area contributed by atoms with Gasteiger partial charge in [-0.25, -0.2) is 13.2 Å². The Morgan fingerprint density at radius 2 is 1.76 bits per heavy atom. The zero-order chi connectivity index (χ0) is 21.4. The first-order chi connectivity index (χ1) is 13.8. The zero-order valence-electron chi connectivity index (χ0n) is 16.1. The van der Waals surface area contributed by atoms with E-state index in [-0.39, 0.29) is 32.1 Å². The van der Waals surface area contributed by atoms with Gasteiger partial charge in [0, 0.05) is 0 Å². The highest BCUT2D eigenvalue weighted by atomic mass is 19.2. The molecule has 2 N–H and O–H groups in total. The first-order valence-corrected chi connectivity index (χ1v) is 8.84. The predicted molar refractivity (Wildman–Crippen MR) is 102 cm³/mol. The highest BCUT2D eigenvalue weighted by Crippen LogP contribution is 2.19. The molecule has 0 bridgehead atoms. The fourth-order valence-corrected chi connectivity index (χ4v) is 2.48. The van der Waals surface area contributed by atoms with Crippen molar-refractivity contribution >= 4 is 17.5 Å². The van der Waals surface area contributed by atoms with Crippen LogP contribution in [0, 0.1) is 24.4 Å². The van der Waals surface area contributed by atoms with Crippen molar-refractivity contribution in [3.05, 3.63) is 59.4 Å². The molecule has 0 fully saturated rings. The maximum atomic E-state index is 13.6. The lowest BCUT2D eigenvalue weighted by molar-refractivity contribution is -0.123. The molecule has 6 nitrogen and oxygen atoms in total. The average Bonchev–Trinajstić information content (AvgIpc) is 2.65. The monoisotopic (exact) mass is 409 g/mol. The van der Waals surface area contributed by atoms with E-state index in [1.54, 1.807) is 0 Å². The smallest absolute Gasteiger partial charge is 0.238 e. The molecule has 0 aliphatic heterocycles. The average molecular weight is 409 g/mol. The minimum absolute atomic E-state index is 0.0852. The molecule has 0 aliphatic rings. The van der Waals surface area contributed by atoms with Crippen molar-refractivity contribution in [2.45, 2.75) is 6.92 Å². The van der Waals surface area contributed by atoms with Crippen LogP contribution in [0.5, 0.6) is 5.75 Å². The largest absolute Gasteiger partial charge is 0.492 e. The number of benzene rings is 2. The molecular weight excluding hydrogens is 387 g/mol. The third kappa shape index (κ3) is 7.11. The second-order valence-electron chi connectivity index (χ2n) is 6.46. The van der Waals surface area contributed by atoms with E-state index in [2.05, 4.69) is 10.6 Å². The summed E-state index contributed by atoms with van der Waals surface area (Å²) in [5.74, 6) is -4.78. The number of nitrogens with one attached hydrogen (secondary N) is 2. The Bertz CT molecular complexity index is 877. The molecule has 2 aromatic carbocycles. The van der Waals surface area contributed by atoms with Gasteiger partial charge >= 0.3 is 0 Å². The lowest BCUT2D eigenvalue weighted by Gasteiger charge is -2.16. The van der Waals surface area contributed by atoms with E-state index in [9.17, 15) is 22.8 Å². The van der Waals surface area contributed by atoms with E-state index >= 15 is 0 Å². The number of carbonyl (C=O) groups excluding carboxylic acids is 2. The van der Waals surface area contributed by atoms with E-state index in [0.717, 1.165) is 11.6 Å². The van der Waals surface area contributed by atoms with Crippen LogP contribution in [-0.4, -0.2) is 50.0 Å². The van der Waals surface area contributed by atoms with Gasteiger partial charge in [-0.15, -0.1) is 0 Å². The zero-order valence-corrected chi connectivity index (χ0v) is 16.1. The van der Waals surface area contributed by atoms with Gasteiger partial charge in [0.25, 0.3) is 0 Å². The van der Waals surface area contributed by atoms with Gasteiger partial charge in [0.15, 0.2) is 17.5 Å². The number of aryl methyl sites for hydroxylation is 1. The minimum atomic E-state index is -1.66. The molecule has 0 heterocycles. The molecule has 156 valence electrons. The summed E-state index contributed by atoms with van der Waals surface area (Å²) in [5.41, 5.74) is 0.592. The number of halogens is 3. The van der Waals surface area contributed by atoms with Gasteiger partial charge in [-0.1, -0.05) is 12.1 Å². The predicted octanol–water partition coefficient (Wildman–Crippen LogP) is 2.48. The van der Waals surface area contributed by atoms with Crippen LogP contribution in [0.4, 0.5) is 18.9 Å². The van der Waals surface area contributed by atoms with Crippen LogP contribution in [-0.2, 0) is 9.59 Å². The highest BCUT2D eigenvalue weighted by molar-refractivity contribution is 5.92. The lowest BCUT2D eigenvalue weighted by Crippen LogP contribution is -2.40. The normalized spacial score (nSPS) is 10.7. The summed E-state index contributed by atoms with van der Waals surface area (Å²) in [6.45, 7) is 2.19. The molecule has 0 atom stereocenters. The molecule has 29 heavy (non-hydrogen) atoms. The molecule has 2 rings (SSSR count). The third-order valence-electron chi connectivity index (χ3n) is 3.82. The van der Waals surface area contributed by atoms with E-state index in [1.807, 2.05) is 31.2 Å². The van der Waals surface area contributed by atoms with E-state index in [4.69, 9.17) is 4.74 Å². The summed E-state index contributed by atoms with van der Waals surface area (Å²) >= 11 is 0. The number of amides is 2. The molecule has 2 aromatic rings. The van der Waals surface area contributed by atoms with Crippen LogP contribution in [0.3, 0.4) is 0 Å². The Morgan fingerprint density at radius 1 is 1.03 bits per heavy atom. The van der Waals surface area contributed by atoms with Crippen molar-refractivity contribution in [2.24, 2.45) is 0 Å². The van der Waals surface area contributed by atoms with Crippen molar-refractivity contribution in [1.29, 1.82) is 0 Å². The number of rotatable bonds is 9. The molecule has 0 spiro atoms. The van der Waals surface area contributed by atoms with Crippen molar-refractivity contribution in [3.8, 4) is 5.75 Å². The van der Waals surface area contributed by atoms with Crippen LogP contribution in [0.25, 0.3) is 0 Å². The molecule has 0 saturated heterocycles. The van der Waals surface area contributed by atoms with Crippen LogP contribution in [0.2, 0.25) is 0 Å². The number of anilines is 1. The summed E-state index contributed by atoms with van der Waals surface area (Å²) in [6.07, 6.45) is 0. The topological polar surface area (TPSA) is 70.7 Å². The molecule has 0 unspecified atom stereocenters. The van der Waals surface area contributed by atoms with Crippen LogP contribution < -0.4 is 15.4 Å². The first kappa shape index (κ1) is 22.2. The second-order valence-corrected chi connectivity index (χ2v) is 6.46. The van der Waals surface area contributed by atoms with Crippen molar-refractivity contribution < 1.29 is 27.5 Å². The number of nitrogens with zero attached hydrogens (tertiary/aromatic N) is 1. The summed E-state index contributed by atoms with van der Waals surface area (Å²) in [6, 6.07) is 9.15. The Labute approximate surface area is 166 Å². The highest BCUT2D eigenvalue weighted by Gasteiger charge is 2.16. The molecule has 2 amide bonds. The minimum Gasteiger partial charge on any atom is -0.492 e. The van der Waals surface area contributed by atoms with E-state index < -0.39 is 29.0 Å².